The molecule has 1 saturated carbocycles. The third kappa shape index (κ3) is 3.66. The third-order valence-corrected chi connectivity index (χ3v) is 4.36. The molecule has 1 heterocycles. The highest BCUT2D eigenvalue weighted by molar-refractivity contribution is 7.16. The predicted octanol–water partition coefficient (Wildman–Crippen LogP) is 2.59. The monoisotopic (exact) mass is 274 g/mol. The molecule has 3 nitrogen and oxygen atoms in total. The highest BCUT2D eigenvalue weighted by atomic mass is 35.5. The van der Waals surface area contributed by atoms with Crippen LogP contribution in [0.4, 0.5) is 0 Å². The number of halogens is 1. The Hall–Kier alpha value is -0.130. The molecule has 0 amide bonds. The largest absolute Gasteiger partial charge is 0.377 e. The molecule has 1 aliphatic carbocycles. The van der Waals surface area contributed by atoms with Crippen molar-refractivity contribution >= 4 is 22.9 Å². The Kier molecular flexibility index (Phi) is 4.82. The van der Waals surface area contributed by atoms with E-state index in [9.17, 15) is 0 Å². The Labute approximate surface area is 111 Å². The molecule has 2 unspecified atom stereocenters. The van der Waals surface area contributed by atoms with Crippen molar-refractivity contribution in [3.63, 3.8) is 0 Å². The lowest BCUT2D eigenvalue weighted by Crippen LogP contribution is -2.47. The zero-order valence-electron chi connectivity index (χ0n) is 9.99. The molecule has 0 aliphatic heterocycles. The summed E-state index contributed by atoms with van der Waals surface area (Å²) in [6.07, 6.45) is 3.63. The number of ether oxygens (including phenoxy) is 1. The molecule has 96 valence electrons. The summed E-state index contributed by atoms with van der Waals surface area (Å²) in [5.41, 5.74) is 2.90. The highest BCUT2D eigenvalue weighted by Gasteiger charge is 2.37. The average Bonchev–Trinajstić information content (AvgIpc) is 3.07. The lowest BCUT2D eigenvalue weighted by molar-refractivity contribution is 0.0194. The standard InChI is InChI=1S/C12H19ClN2OS/c1-2-16-12(8-3-4-8)10(15-14)7-9-5-6-11(13)17-9/h5-6,8,10,12,15H,2-4,7,14H2,1H3. The zero-order chi connectivity index (χ0) is 12.3. The first-order chi connectivity index (χ1) is 8.24. The molecule has 1 aromatic rings. The first-order valence-corrected chi connectivity index (χ1v) is 7.26. The Morgan fingerprint density at radius 1 is 1.59 bits per heavy atom. The van der Waals surface area contributed by atoms with Gasteiger partial charge in [0.25, 0.3) is 0 Å². The number of rotatable bonds is 7. The van der Waals surface area contributed by atoms with Crippen LogP contribution >= 0.6 is 22.9 Å². The molecule has 1 fully saturated rings. The lowest BCUT2D eigenvalue weighted by atomic mass is 10.0. The summed E-state index contributed by atoms with van der Waals surface area (Å²) in [4.78, 5) is 1.25. The molecule has 0 spiro atoms. The molecule has 17 heavy (non-hydrogen) atoms. The fraction of sp³-hybridized carbons (Fsp3) is 0.667. The van der Waals surface area contributed by atoms with E-state index < -0.39 is 0 Å². The number of nitrogens with two attached hydrogens (primary N) is 1. The Balaban J connectivity index is 1.98. The van der Waals surface area contributed by atoms with Gasteiger partial charge in [-0.2, -0.15) is 0 Å². The van der Waals surface area contributed by atoms with Crippen LogP contribution in [0.5, 0.6) is 0 Å². The normalized spacial score (nSPS) is 19.2. The maximum absolute atomic E-state index is 5.94. The van der Waals surface area contributed by atoms with Crippen LogP contribution in [-0.4, -0.2) is 18.8 Å². The summed E-state index contributed by atoms with van der Waals surface area (Å²) in [5, 5.41) is 0. The van der Waals surface area contributed by atoms with Crippen LogP contribution < -0.4 is 11.3 Å². The molecule has 2 rings (SSSR count). The molecular weight excluding hydrogens is 256 g/mol. The molecule has 3 N–H and O–H groups in total. The Bertz CT molecular complexity index is 354. The van der Waals surface area contributed by atoms with E-state index in [0.717, 1.165) is 17.4 Å². The van der Waals surface area contributed by atoms with Gasteiger partial charge in [-0.1, -0.05) is 11.6 Å². The fourth-order valence-corrected chi connectivity index (χ4v) is 3.29. The summed E-state index contributed by atoms with van der Waals surface area (Å²) in [6, 6.07) is 4.17. The van der Waals surface area contributed by atoms with E-state index in [4.69, 9.17) is 22.2 Å². The maximum Gasteiger partial charge on any atom is 0.0931 e. The SMILES string of the molecule is CCOC(C1CC1)C(Cc1ccc(Cl)s1)NN. The van der Waals surface area contributed by atoms with Crippen LogP contribution in [0.15, 0.2) is 12.1 Å². The lowest BCUT2D eigenvalue weighted by Gasteiger charge is -2.26. The van der Waals surface area contributed by atoms with Crippen molar-refractivity contribution in [2.75, 3.05) is 6.61 Å². The van der Waals surface area contributed by atoms with Crippen molar-refractivity contribution in [1.82, 2.24) is 5.43 Å². The van der Waals surface area contributed by atoms with Crippen molar-refractivity contribution in [1.29, 1.82) is 0 Å². The summed E-state index contributed by atoms with van der Waals surface area (Å²) in [7, 11) is 0. The minimum Gasteiger partial charge on any atom is -0.377 e. The van der Waals surface area contributed by atoms with Gasteiger partial charge in [0.2, 0.25) is 0 Å². The molecule has 2 atom stereocenters. The van der Waals surface area contributed by atoms with E-state index in [0.29, 0.717) is 5.92 Å². The smallest absolute Gasteiger partial charge is 0.0931 e. The molecule has 1 aromatic heterocycles. The fourth-order valence-electron chi connectivity index (χ4n) is 2.15. The molecule has 1 aliphatic rings. The predicted molar refractivity (Wildman–Crippen MR) is 72.3 cm³/mol. The van der Waals surface area contributed by atoms with Crippen molar-refractivity contribution in [2.45, 2.75) is 38.3 Å². The first-order valence-electron chi connectivity index (χ1n) is 6.06. The number of hydrogen-bond acceptors (Lipinski definition) is 4. The van der Waals surface area contributed by atoms with E-state index in [1.165, 1.54) is 17.7 Å². The van der Waals surface area contributed by atoms with Gasteiger partial charge in [0, 0.05) is 17.9 Å². The number of nitrogens with one attached hydrogen (secondary N) is 1. The van der Waals surface area contributed by atoms with E-state index >= 15 is 0 Å². The molecule has 5 heteroatoms. The van der Waals surface area contributed by atoms with Gasteiger partial charge < -0.3 is 4.74 Å². The molecule has 0 radical (unpaired) electrons. The van der Waals surface area contributed by atoms with E-state index in [1.54, 1.807) is 11.3 Å². The first kappa shape index (κ1) is 13.3. The van der Waals surface area contributed by atoms with Gasteiger partial charge in [-0.15, -0.1) is 11.3 Å². The average molecular weight is 275 g/mol. The van der Waals surface area contributed by atoms with Gasteiger partial charge in [0.05, 0.1) is 16.5 Å². The quantitative estimate of drug-likeness (QED) is 0.593. The van der Waals surface area contributed by atoms with Crippen LogP contribution in [0.2, 0.25) is 4.34 Å². The Morgan fingerprint density at radius 3 is 2.82 bits per heavy atom. The highest BCUT2D eigenvalue weighted by Crippen LogP contribution is 2.37. The van der Waals surface area contributed by atoms with Gasteiger partial charge in [-0.05, 0) is 37.8 Å². The minimum atomic E-state index is 0.178. The summed E-state index contributed by atoms with van der Waals surface area (Å²) < 4.78 is 6.66. The molecule has 0 bridgehead atoms. The van der Waals surface area contributed by atoms with Crippen LogP contribution in [0, 0.1) is 5.92 Å². The van der Waals surface area contributed by atoms with E-state index in [2.05, 4.69) is 11.5 Å². The van der Waals surface area contributed by atoms with Gasteiger partial charge in [0.1, 0.15) is 0 Å². The Morgan fingerprint density at radius 2 is 2.35 bits per heavy atom. The van der Waals surface area contributed by atoms with E-state index in [1.807, 2.05) is 13.0 Å². The van der Waals surface area contributed by atoms with Gasteiger partial charge in [-0.25, -0.2) is 0 Å². The van der Waals surface area contributed by atoms with Crippen molar-refractivity contribution in [2.24, 2.45) is 11.8 Å². The summed E-state index contributed by atoms with van der Waals surface area (Å²) in [6.45, 7) is 2.77. The third-order valence-electron chi connectivity index (χ3n) is 3.11. The van der Waals surface area contributed by atoms with Crippen molar-refractivity contribution in [3.05, 3.63) is 21.3 Å². The maximum atomic E-state index is 5.94. The minimum absolute atomic E-state index is 0.178. The molecule has 0 saturated heterocycles. The molecular formula is C12H19ClN2OS. The van der Waals surface area contributed by atoms with E-state index in [-0.39, 0.29) is 12.1 Å². The van der Waals surface area contributed by atoms with Gasteiger partial charge >= 0.3 is 0 Å². The van der Waals surface area contributed by atoms with Gasteiger partial charge in [0.15, 0.2) is 0 Å². The topological polar surface area (TPSA) is 47.3 Å². The molecule has 0 aromatic carbocycles. The van der Waals surface area contributed by atoms with Crippen molar-refractivity contribution < 1.29 is 4.74 Å². The van der Waals surface area contributed by atoms with Crippen LogP contribution in [0.25, 0.3) is 0 Å². The number of hydrogen-bond donors (Lipinski definition) is 2. The number of thiophene rings is 1. The second kappa shape index (κ2) is 6.16. The zero-order valence-corrected chi connectivity index (χ0v) is 11.6. The van der Waals surface area contributed by atoms with Crippen molar-refractivity contribution in [3.8, 4) is 0 Å². The second-order valence-corrected chi connectivity index (χ2v) is 6.24. The van der Waals surface area contributed by atoms with Crippen LogP contribution in [-0.2, 0) is 11.2 Å². The van der Waals surface area contributed by atoms with Gasteiger partial charge in [-0.3, -0.25) is 11.3 Å². The van der Waals surface area contributed by atoms with Crippen LogP contribution in [0.1, 0.15) is 24.6 Å². The summed E-state index contributed by atoms with van der Waals surface area (Å²) in [5.74, 6) is 6.34. The number of hydrazine groups is 1. The van der Waals surface area contributed by atoms with Crippen LogP contribution in [0.3, 0.4) is 0 Å². The second-order valence-electron chi connectivity index (χ2n) is 4.44. The summed E-state index contributed by atoms with van der Waals surface area (Å²) >= 11 is 7.55.